The molecule has 2 rings (SSSR count). The lowest BCUT2D eigenvalue weighted by Gasteiger charge is -2.15. The molecule has 0 amide bonds. The lowest BCUT2D eigenvalue weighted by atomic mass is 10.0. The topological polar surface area (TPSA) is 92.3 Å². The van der Waals surface area contributed by atoms with E-state index in [9.17, 15) is 20.0 Å². The predicted molar refractivity (Wildman–Crippen MR) is 107 cm³/mol. The zero-order chi connectivity index (χ0) is 20.7. The Balaban J connectivity index is 2.31. The lowest BCUT2D eigenvalue weighted by molar-refractivity contribution is 0.0916. The average molecular weight is 382 g/mol. The highest BCUT2D eigenvalue weighted by atomic mass is 16.5. The number of unbranched alkanes of at least 4 members (excludes halogenated alkanes) is 2. The van der Waals surface area contributed by atoms with Gasteiger partial charge in [-0.15, -0.1) is 0 Å². The van der Waals surface area contributed by atoms with Crippen LogP contribution in [-0.2, 0) is 13.0 Å². The van der Waals surface area contributed by atoms with Crippen molar-refractivity contribution in [1.29, 1.82) is 5.26 Å². The minimum atomic E-state index is -0.568. The number of ketones is 1. The molecule has 0 radical (unpaired) electrons. The Bertz CT molecular complexity index is 937. The van der Waals surface area contributed by atoms with Crippen molar-refractivity contribution in [1.82, 2.24) is 4.57 Å². The van der Waals surface area contributed by atoms with E-state index in [2.05, 4.69) is 0 Å². The molecule has 1 aromatic heterocycles. The van der Waals surface area contributed by atoms with E-state index in [0.29, 0.717) is 12.2 Å². The molecule has 0 atom stereocenters. The second-order valence-corrected chi connectivity index (χ2v) is 6.68. The van der Waals surface area contributed by atoms with Gasteiger partial charge in [-0.25, -0.2) is 0 Å². The highest BCUT2D eigenvalue weighted by molar-refractivity contribution is 6.01. The van der Waals surface area contributed by atoms with Gasteiger partial charge in [0.15, 0.2) is 6.61 Å². The molecule has 0 unspecified atom stereocenters. The number of hydrogen-bond donors (Lipinski definition) is 1. The fraction of sp³-hybridized carbons (Fsp3) is 0.409. The lowest BCUT2D eigenvalue weighted by Crippen LogP contribution is -2.27. The maximum absolute atomic E-state index is 12.7. The van der Waals surface area contributed by atoms with Crippen molar-refractivity contribution < 1.29 is 14.6 Å². The van der Waals surface area contributed by atoms with Gasteiger partial charge in [0.25, 0.3) is 5.56 Å². The largest absolute Gasteiger partial charge is 0.494 e. The molecule has 0 fully saturated rings. The summed E-state index contributed by atoms with van der Waals surface area (Å²) < 4.78 is 6.66. The van der Waals surface area contributed by atoms with Crippen molar-refractivity contribution in [2.45, 2.75) is 53.0 Å². The number of nitriles is 1. The fourth-order valence-electron chi connectivity index (χ4n) is 3.05. The molecule has 148 valence electrons. The van der Waals surface area contributed by atoms with Crippen LogP contribution in [0.3, 0.4) is 0 Å². The van der Waals surface area contributed by atoms with Gasteiger partial charge >= 0.3 is 0 Å². The Morgan fingerprint density at radius 2 is 1.89 bits per heavy atom. The quantitative estimate of drug-likeness (QED) is 0.527. The summed E-state index contributed by atoms with van der Waals surface area (Å²) in [6.45, 7) is 5.54. The Hall–Kier alpha value is -3.07. The van der Waals surface area contributed by atoms with Crippen LogP contribution in [0, 0.1) is 18.3 Å². The number of aryl methyl sites for hydroxylation is 1. The molecular formula is C22H26N2O4. The third-order valence-corrected chi connectivity index (χ3v) is 4.77. The molecular weight excluding hydrogens is 356 g/mol. The zero-order valence-corrected chi connectivity index (χ0v) is 16.6. The standard InChI is InChI=1S/C22H26N2O4/c1-4-6-7-12-24-21(26)18(13-23)15(3)20(22(24)27)19(25)14-28-17-10-8-16(5-2)9-11-17/h8-11,27H,4-7,12,14H2,1-3H3. The van der Waals surface area contributed by atoms with Crippen molar-refractivity contribution in [2.24, 2.45) is 0 Å². The Morgan fingerprint density at radius 1 is 1.21 bits per heavy atom. The number of nitrogens with zero attached hydrogens (tertiary/aromatic N) is 2. The van der Waals surface area contributed by atoms with E-state index in [4.69, 9.17) is 4.74 Å². The van der Waals surface area contributed by atoms with Gasteiger partial charge < -0.3 is 9.84 Å². The second kappa shape index (κ2) is 9.75. The minimum absolute atomic E-state index is 0.0298. The second-order valence-electron chi connectivity index (χ2n) is 6.68. The molecule has 0 aliphatic rings. The molecule has 6 nitrogen and oxygen atoms in total. The van der Waals surface area contributed by atoms with E-state index < -0.39 is 17.2 Å². The van der Waals surface area contributed by atoms with E-state index >= 15 is 0 Å². The van der Waals surface area contributed by atoms with Crippen LogP contribution in [0.5, 0.6) is 11.6 Å². The molecule has 6 heteroatoms. The normalized spacial score (nSPS) is 10.5. The van der Waals surface area contributed by atoms with Crippen LogP contribution in [0.15, 0.2) is 29.1 Å². The van der Waals surface area contributed by atoms with Crippen molar-refractivity contribution in [3.8, 4) is 17.7 Å². The number of ether oxygens (including phenoxy) is 1. The highest BCUT2D eigenvalue weighted by Gasteiger charge is 2.24. The molecule has 2 aromatic rings. The molecule has 0 spiro atoms. The number of hydrogen-bond acceptors (Lipinski definition) is 5. The van der Waals surface area contributed by atoms with Gasteiger partial charge in [0, 0.05) is 6.54 Å². The molecule has 0 saturated carbocycles. The van der Waals surface area contributed by atoms with Gasteiger partial charge in [0.1, 0.15) is 17.4 Å². The van der Waals surface area contributed by atoms with Gasteiger partial charge in [-0.1, -0.05) is 38.8 Å². The van der Waals surface area contributed by atoms with Crippen molar-refractivity contribution in [2.75, 3.05) is 6.61 Å². The number of aromatic hydroxyl groups is 1. The number of benzene rings is 1. The number of pyridine rings is 1. The summed E-state index contributed by atoms with van der Waals surface area (Å²) in [5, 5.41) is 19.9. The van der Waals surface area contributed by atoms with Crippen LogP contribution in [0.2, 0.25) is 0 Å². The van der Waals surface area contributed by atoms with Crippen LogP contribution in [0.4, 0.5) is 0 Å². The van der Waals surface area contributed by atoms with Crippen molar-refractivity contribution >= 4 is 5.78 Å². The summed E-state index contributed by atoms with van der Waals surface area (Å²) in [5.74, 6) is -0.331. The molecule has 1 aromatic carbocycles. The number of carbonyl (C=O) groups excluding carboxylic acids is 1. The van der Waals surface area contributed by atoms with Gasteiger partial charge in [-0.3, -0.25) is 14.2 Å². The van der Waals surface area contributed by atoms with Crippen molar-refractivity contribution in [3.05, 3.63) is 56.9 Å². The van der Waals surface area contributed by atoms with Crippen LogP contribution >= 0.6 is 0 Å². The van der Waals surface area contributed by atoms with Crippen molar-refractivity contribution in [3.63, 3.8) is 0 Å². The van der Waals surface area contributed by atoms with Crippen LogP contribution in [0.25, 0.3) is 0 Å². The number of rotatable bonds is 9. The maximum atomic E-state index is 12.7. The van der Waals surface area contributed by atoms with Gasteiger partial charge in [0.05, 0.1) is 5.56 Å². The molecule has 0 aliphatic heterocycles. The first-order chi connectivity index (χ1) is 13.4. The highest BCUT2D eigenvalue weighted by Crippen LogP contribution is 2.23. The summed E-state index contributed by atoms with van der Waals surface area (Å²) in [6, 6.07) is 9.27. The van der Waals surface area contributed by atoms with E-state index in [0.717, 1.165) is 29.4 Å². The summed E-state index contributed by atoms with van der Waals surface area (Å²) in [5.41, 5.74) is 0.626. The Labute approximate surface area is 165 Å². The SMILES string of the molecule is CCCCCn1c(O)c(C(=O)COc2ccc(CC)cc2)c(C)c(C#N)c1=O. The summed E-state index contributed by atoms with van der Waals surface area (Å²) >= 11 is 0. The molecule has 28 heavy (non-hydrogen) atoms. The van der Waals surface area contributed by atoms with E-state index in [1.54, 1.807) is 12.1 Å². The third-order valence-electron chi connectivity index (χ3n) is 4.77. The zero-order valence-electron chi connectivity index (χ0n) is 16.6. The Morgan fingerprint density at radius 3 is 2.46 bits per heavy atom. The first-order valence-corrected chi connectivity index (χ1v) is 9.55. The summed E-state index contributed by atoms with van der Waals surface area (Å²) in [6.07, 6.45) is 3.40. The monoisotopic (exact) mass is 382 g/mol. The predicted octanol–water partition coefficient (Wildman–Crippen LogP) is 3.75. The average Bonchev–Trinajstić information content (AvgIpc) is 2.69. The third kappa shape index (κ3) is 4.61. The van der Waals surface area contributed by atoms with Gasteiger partial charge in [-0.05, 0) is 43.0 Å². The first-order valence-electron chi connectivity index (χ1n) is 9.55. The van der Waals surface area contributed by atoms with Crippen LogP contribution in [-0.4, -0.2) is 22.1 Å². The molecule has 0 aliphatic carbocycles. The number of Topliss-reactive ketones (excluding diaryl/α,β-unsaturated/α-hetero) is 1. The molecule has 1 N–H and O–H groups in total. The number of carbonyl (C=O) groups is 1. The Kier molecular flexibility index (Phi) is 7.39. The van der Waals surface area contributed by atoms with E-state index in [1.165, 1.54) is 6.92 Å². The molecule has 1 heterocycles. The summed E-state index contributed by atoms with van der Waals surface area (Å²) in [4.78, 5) is 25.2. The van der Waals surface area contributed by atoms with Crippen LogP contribution in [0.1, 0.15) is 60.2 Å². The number of aromatic nitrogens is 1. The molecule has 0 saturated heterocycles. The van der Waals surface area contributed by atoms with E-state index in [1.807, 2.05) is 32.0 Å². The van der Waals surface area contributed by atoms with Crippen LogP contribution < -0.4 is 10.3 Å². The summed E-state index contributed by atoms with van der Waals surface area (Å²) in [7, 11) is 0. The molecule has 0 bridgehead atoms. The van der Waals surface area contributed by atoms with Gasteiger partial charge in [-0.2, -0.15) is 5.26 Å². The minimum Gasteiger partial charge on any atom is -0.494 e. The van der Waals surface area contributed by atoms with Gasteiger partial charge in [0.2, 0.25) is 11.7 Å². The smallest absolute Gasteiger partial charge is 0.271 e. The maximum Gasteiger partial charge on any atom is 0.271 e. The first kappa shape index (κ1) is 21.2. The van der Waals surface area contributed by atoms with E-state index in [-0.39, 0.29) is 29.8 Å². The fourth-order valence-corrected chi connectivity index (χ4v) is 3.05.